The highest BCUT2D eigenvalue weighted by molar-refractivity contribution is 6.30. The molecule has 0 saturated heterocycles. The number of amides is 1. The molecule has 0 radical (unpaired) electrons. The first-order valence-corrected chi connectivity index (χ1v) is 7.56. The van der Waals surface area contributed by atoms with E-state index in [1.807, 2.05) is 0 Å². The molecular weight excluding hydrogens is 332 g/mol. The van der Waals surface area contributed by atoms with Crippen LogP contribution in [-0.2, 0) is 16.9 Å². The van der Waals surface area contributed by atoms with Crippen molar-refractivity contribution >= 4 is 17.5 Å². The van der Waals surface area contributed by atoms with Crippen LogP contribution in [-0.4, -0.2) is 30.8 Å². The van der Waals surface area contributed by atoms with E-state index in [1.54, 1.807) is 38.1 Å². The van der Waals surface area contributed by atoms with Crippen LogP contribution in [0.1, 0.15) is 19.7 Å². The zero-order chi connectivity index (χ0) is 17.2. The predicted molar refractivity (Wildman–Crippen MR) is 85.9 cm³/mol. The van der Waals surface area contributed by atoms with Crippen LogP contribution in [0.25, 0.3) is 11.5 Å². The van der Waals surface area contributed by atoms with Crippen molar-refractivity contribution in [3.8, 4) is 11.5 Å². The van der Waals surface area contributed by atoms with Gasteiger partial charge >= 0.3 is 0 Å². The van der Waals surface area contributed by atoms with Crippen molar-refractivity contribution in [3.63, 3.8) is 0 Å². The van der Waals surface area contributed by atoms with E-state index in [4.69, 9.17) is 16.1 Å². The smallest absolute Gasteiger partial charge is 0.257 e. The zero-order valence-electron chi connectivity index (χ0n) is 13.1. The topological polar surface area (TPSA) is 98.7 Å². The Hall–Kier alpha value is -2.74. The summed E-state index contributed by atoms with van der Waals surface area (Å²) in [5, 5.41) is 11.3. The maximum Gasteiger partial charge on any atom is 0.257 e. The first kappa shape index (κ1) is 16.1. The van der Waals surface area contributed by atoms with E-state index >= 15 is 0 Å². The summed E-state index contributed by atoms with van der Waals surface area (Å²) in [5.74, 6) is 0.514. The molecule has 3 rings (SSSR count). The summed E-state index contributed by atoms with van der Waals surface area (Å²) in [7, 11) is 0. The van der Waals surface area contributed by atoms with Crippen molar-refractivity contribution in [1.82, 2.24) is 30.2 Å². The predicted octanol–water partition coefficient (Wildman–Crippen LogP) is 2.03. The number of hydrogen-bond donors (Lipinski definition) is 1. The van der Waals surface area contributed by atoms with Gasteiger partial charge in [0.15, 0.2) is 5.82 Å². The number of rotatable bonds is 5. The van der Waals surface area contributed by atoms with Crippen LogP contribution >= 0.6 is 11.6 Å². The van der Waals surface area contributed by atoms with Gasteiger partial charge in [-0.05, 0) is 38.1 Å². The summed E-state index contributed by atoms with van der Waals surface area (Å²) in [6.07, 6.45) is 2.87. The van der Waals surface area contributed by atoms with Gasteiger partial charge in [-0.3, -0.25) is 4.79 Å². The third kappa shape index (κ3) is 3.28. The van der Waals surface area contributed by atoms with Gasteiger partial charge in [0.1, 0.15) is 18.2 Å². The van der Waals surface area contributed by atoms with Crippen LogP contribution in [0.2, 0.25) is 5.02 Å². The number of nitrogens with one attached hydrogen (secondary N) is 1. The first-order chi connectivity index (χ1) is 11.5. The van der Waals surface area contributed by atoms with Crippen molar-refractivity contribution in [1.29, 1.82) is 0 Å². The van der Waals surface area contributed by atoms with Gasteiger partial charge in [-0.25, -0.2) is 9.67 Å². The number of carbonyl (C=O) groups is 1. The van der Waals surface area contributed by atoms with Crippen molar-refractivity contribution in [2.45, 2.75) is 25.9 Å². The van der Waals surface area contributed by atoms with Crippen molar-refractivity contribution < 1.29 is 9.32 Å². The normalized spacial score (nSPS) is 11.5. The van der Waals surface area contributed by atoms with Crippen molar-refractivity contribution in [3.05, 3.63) is 47.8 Å². The zero-order valence-corrected chi connectivity index (χ0v) is 13.9. The largest absolute Gasteiger partial charge is 0.347 e. The number of halogens is 1. The van der Waals surface area contributed by atoms with E-state index < -0.39 is 5.54 Å². The molecule has 3 aromatic rings. The SMILES string of the molecule is CC(C)(C(=O)NCc1noc(-c2ccc(Cl)cc2)n1)n1cncn1. The lowest BCUT2D eigenvalue weighted by Crippen LogP contribution is -2.44. The third-order valence-electron chi connectivity index (χ3n) is 3.51. The van der Waals surface area contributed by atoms with Crippen LogP contribution in [0.3, 0.4) is 0 Å². The summed E-state index contributed by atoms with van der Waals surface area (Å²) in [6.45, 7) is 3.63. The summed E-state index contributed by atoms with van der Waals surface area (Å²) in [4.78, 5) is 20.5. The minimum atomic E-state index is -0.876. The Morgan fingerprint density at radius 2 is 2.08 bits per heavy atom. The second-order valence-electron chi connectivity index (χ2n) is 5.60. The van der Waals surface area contributed by atoms with Gasteiger partial charge in [0.25, 0.3) is 5.89 Å². The van der Waals surface area contributed by atoms with Gasteiger partial charge in [-0.1, -0.05) is 16.8 Å². The lowest BCUT2D eigenvalue weighted by atomic mass is 10.1. The fraction of sp³-hybridized carbons (Fsp3) is 0.267. The maximum atomic E-state index is 12.4. The lowest BCUT2D eigenvalue weighted by molar-refractivity contribution is -0.129. The average molecular weight is 347 g/mol. The van der Waals surface area contributed by atoms with Crippen LogP contribution in [0, 0.1) is 0 Å². The average Bonchev–Trinajstić information content (AvgIpc) is 3.25. The Morgan fingerprint density at radius 3 is 2.75 bits per heavy atom. The molecule has 24 heavy (non-hydrogen) atoms. The van der Waals surface area contributed by atoms with E-state index in [2.05, 4.69) is 25.5 Å². The van der Waals surface area contributed by atoms with Gasteiger partial charge in [-0.15, -0.1) is 0 Å². The van der Waals surface area contributed by atoms with E-state index in [9.17, 15) is 4.79 Å². The van der Waals surface area contributed by atoms with Crippen LogP contribution < -0.4 is 5.32 Å². The standard InChI is InChI=1S/C15H15ClN6O2/c1-15(2,22-9-17-8-19-22)14(23)18-7-12-20-13(24-21-12)10-3-5-11(16)6-4-10/h3-6,8-9H,7H2,1-2H3,(H,18,23). The molecule has 0 saturated carbocycles. The molecule has 9 heteroatoms. The Balaban J connectivity index is 1.65. The minimum absolute atomic E-state index is 0.147. The molecule has 0 spiro atoms. The van der Waals surface area contributed by atoms with Gasteiger partial charge in [0.2, 0.25) is 5.91 Å². The number of aromatic nitrogens is 5. The number of hydrogen-bond acceptors (Lipinski definition) is 6. The second-order valence-corrected chi connectivity index (χ2v) is 6.04. The van der Waals surface area contributed by atoms with E-state index in [1.165, 1.54) is 17.3 Å². The molecular formula is C15H15ClN6O2. The van der Waals surface area contributed by atoms with E-state index in [-0.39, 0.29) is 12.5 Å². The number of benzene rings is 1. The highest BCUT2D eigenvalue weighted by Crippen LogP contribution is 2.19. The van der Waals surface area contributed by atoms with Crippen LogP contribution in [0.4, 0.5) is 0 Å². The number of nitrogens with zero attached hydrogens (tertiary/aromatic N) is 5. The van der Waals surface area contributed by atoms with Crippen molar-refractivity contribution in [2.75, 3.05) is 0 Å². The summed E-state index contributed by atoms with van der Waals surface area (Å²) < 4.78 is 6.68. The van der Waals surface area contributed by atoms with Gasteiger partial charge < -0.3 is 9.84 Å². The molecule has 124 valence electrons. The Morgan fingerprint density at radius 1 is 1.33 bits per heavy atom. The second kappa shape index (κ2) is 6.40. The molecule has 1 amide bonds. The van der Waals surface area contributed by atoms with Gasteiger partial charge in [-0.2, -0.15) is 10.1 Å². The molecule has 0 bridgehead atoms. The fourth-order valence-corrected chi connectivity index (χ4v) is 2.14. The quantitative estimate of drug-likeness (QED) is 0.759. The molecule has 0 aliphatic rings. The molecule has 2 heterocycles. The molecule has 0 aliphatic heterocycles. The molecule has 0 fully saturated rings. The lowest BCUT2D eigenvalue weighted by Gasteiger charge is -2.23. The monoisotopic (exact) mass is 346 g/mol. The summed E-state index contributed by atoms with van der Waals surface area (Å²) in [6, 6.07) is 7.05. The molecule has 8 nitrogen and oxygen atoms in total. The Kier molecular flexibility index (Phi) is 4.30. The highest BCUT2D eigenvalue weighted by Gasteiger charge is 2.30. The fourth-order valence-electron chi connectivity index (χ4n) is 2.01. The van der Waals surface area contributed by atoms with E-state index in [0.29, 0.717) is 16.7 Å². The summed E-state index contributed by atoms with van der Waals surface area (Å²) >= 11 is 5.85. The molecule has 1 aromatic carbocycles. The van der Waals surface area contributed by atoms with Gasteiger partial charge in [0, 0.05) is 10.6 Å². The van der Waals surface area contributed by atoms with E-state index in [0.717, 1.165) is 5.56 Å². The molecule has 1 N–H and O–H groups in total. The molecule has 0 unspecified atom stereocenters. The molecule has 0 aliphatic carbocycles. The van der Waals surface area contributed by atoms with Crippen LogP contribution in [0.15, 0.2) is 41.4 Å². The number of carbonyl (C=O) groups excluding carboxylic acids is 1. The molecule has 0 atom stereocenters. The van der Waals surface area contributed by atoms with Gasteiger partial charge in [0.05, 0.1) is 6.54 Å². The maximum absolute atomic E-state index is 12.4. The highest BCUT2D eigenvalue weighted by atomic mass is 35.5. The summed E-state index contributed by atoms with van der Waals surface area (Å²) in [5.41, 5.74) is -0.119. The minimum Gasteiger partial charge on any atom is -0.347 e. The first-order valence-electron chi connectivity index (χ1n) is 7.19. The Labute approximate surface area is 142 Å². The van der Waals surface area contributed by atoms with Crippen molar-refractivity contribution in [2.24, 2.45) is 0 Å². The third-order valence-corrected chi connectivity index (χ3v) is 3.77. The van der Waals surface area contributed by atoms with Crippen LogP contribution in [0.5, 0.6) is 0 Å². The molecule has 2 aromatic heterocycles. The Bertz CT molecular complexity index is 826.